The molecule has 0 saturated carbocycles. The number of nitro groups is 1. The van der Waals surface area contributed by atoms with E-state index in [0.717, 1.165) is 6.21 Å². The molecule has 0 bridgehead atoms. The molecule has 1 atom stereocenters. The van der Waals surface area contributed by atoms with Crippen molar-refractivity contribution < 1.29 is 19.7 Å². The van der Waals surface area contributed by atoms with Gasteiger partial charge in [0.1, 0.15) is 0 Å². The number of hydrogen-bond acceptors (Lipinski definition) is 6. The average Bonchev–Trinajstić information content (AvgIpc) is 2.22. The minimum atomic E-state index is -1.31. The second-order valence-electron chi connectivity index (χ2n) is 3.33. The Labute approximate surface area is 86.9 Å². The predicted octanol–water partition coefficient (Wildman–Crippen LogP) is 0.825. The molecule has 1 unspecified atom stereocenters. The molecule has 0 radical (unpaired) electrons. The third kappa shape index (κ3) is 4.39. The van der Waals surface area contributed by atoms with Crippen LogP contribution in [0.5, 0.6) is 0 Å². The van der Waals surface area contributed by atoms with Gasteiger partial charge in [-0.25, -0.2) is 0 Å². The second-order valence-corrected chi connectivity index (χ2v) is 3.33. The number of hydrogen-bond donors (Lipinski definition) is 1. The van der Waals surface area contributed by atoms with E-state index in [-0.39, 0.29) is 19.3 Å². The van der Waals surface area contributed by atoms with E-state index in [2.05, 4.69) is 9.89 Å². The number of carbonyl (C=O) groups is 1. The zero-order chi connectivity index (χ0) is 11.9. The molecule has 0 aromatic rings. The Bertz CT molecular complexity index is 266. The van der Waals surface area contributed by atoms with Crippen molar-refractivity contribution in [3.05, 3.63) is 10.1 Å². The minimum absolute atomic E-state index is 0.0342. The van der Waals surface area contributed by atoms with Crippen LogP contribution in [0.2, 0.25) is 0 Å². The van der Waals surface area contributed by atoms with E-state index >= 15 is 0 Å². The lowest BCUT2D eigenvalue weighted by atomic mass is 9.93. The summed E-state index contributed by atoms with van der Waals surface area (Å²) in [6.07, 6.45) is 1.01. The Morgan fingerprint density at radius 2 is 2.33 bits per heavy atom. The van der Waals surface area contributed by atoms with Crippen LogP contribution in [0.1, 0.15) is 26.2 Å². The number of oxime groups is 1. The van der Waals surface area contributed by atoms with Crippen molar-refractivity contribution >= 4 is 12.2 Å². The highest BCUT2D eigenvalue weighted by Crippen LogP contribution is 2.20. The van der Waals surface area contributed by atoms with E-state index in [1.54, 1.807) is 0 Å². The van der Waals surface area contributed by atoms with Gasteiger partial charge < -0.3 is 9.94 Å². The van der Waals surface area contributed by atoms with Crippen LogP contribution in [0.4, 0.5) is 0 Å². The van der Waals surface area contributed by atoms with Gasteiger partial charge in [-0.2, -0.15) is 0 Å². The molecule has 0 aromatic carbocycles. The monoisotopic (exact) mass is 218 g/mol. The van der Waals surface area contributed by atoms with Crippen LogP contribution in [0.3, 0.4) is 0 Å². The molecule has 0 rings (SSSR count). The lowest BCUT2D eigenvalue weighted by molar-refractivity contribution is -0.564. The number of esters is 1. The minimum Gasteiger partial charge on any atom is -0.469 e. The standard InChI is InChI=1S/C8H14N2O5/c1-8(10(13)14,5-6-9-12)4-3-7(11)15-2/h6,12H,3-5H2,1-2H3/b9-6+. The Hall–Kier alpha value is -1.66. The quantitative estimate of drug-likeness (QED) is 0.234. The van der Waals surface area contributed by atoms with Crippen LogP contribution in [-0.2, 0) is 9.53 Å². The van der Waals surface area contributed by atoms with Crippen LogP contribution >= 0.6 is 0 Å². The van der Waals surface area contributed by atoms with Gasteiger partial charge in [0.05, 0.1) is 26.2 Å². The van der Waals surface area contributed by atoms with Gasteiger partial charge in [0.15, 0.2) is 0 Å². The molecule has 1 N–H and O–H groups in total. The summed E-state index contributed by atoms with van der Waals surface area (Å²) in [5.74, 6) is -0.496. The molecule has 0 saturated heterocycles. The van der Waals surface area contributed by atoms with Gasteiger partial charge in [0.25, 0.3) is 0 Å². The summed E-state index contributed by atoms with van der Waals surface area (Å²) in [4.78, 5) is 21.1. The van der Waals surface area contributed by atoms with Crippen LogP contribution < -0.4 is 0 Å². The van der Waals surface area contributed by atoms with Crippen molar-refractivity contribution in [2.24, 2.45) is 5.16 Å². The summed E-state index contributed by atoms with van der Waals surface area (Å²) < 4.78 is 4.39. The van der Waals surface area contributed by atoms with Crippen molar-refractivity contribution in [3.8, 4) is 0 Å². The maximum Gasteiger partial charge on any atom is 0.305 e. The van der Waals surface area contributed by atoms with Gasteiger partial charge in [0, 0.05) is 18.3 Å². The molecule has 86 valence electrons. The molecule has 0 heterocycles. The molecular formula is C8H14N2O5. The van der Waals surface area contributed by atoms with Gasteiger partial charge in [0.2, 0.25) is 5.54 Å². The lowest BCUT2D eigenvalue weighted by Crippen LogP contribution is -2.36. The molecular weight excluding hydrogens is 204 g/mol. The van der Waals surface area contributed by atoms with Crippen molar-refractivity contribution in [1.82, 2.24) is 0 Å². The fourth-order valence-electron chi connectivity index (χ4n) is 0.979. The SMILES string of the molecule is COC(=O)CCC(C)(C/C=N/O)[N+](=O)[O-]. The first-order valence-corrected chi connectivity index (χ1v) is 4.33. The van der Waals surface area contributed by atoms with E-state index in [1.807, 2.05) is 0 Å². The summed E-state index contributed by atoms with van der Waals surface area (Å²) in [5.41, 5.74) is -1.31. The van der Waals surface area contributed by atoms with E-state index in [4.69, 9.17) is 5.21 Å². The van der Waals surface area contributed by atoms with Gasteiger partial charge >= 0.3 is 5.97 Å². The Morgan fingerprint density at radius 3 is 2.73 bits per heavy atom. The van der Waals surface area contributed by atoms with Crippen LogP contribution in [0.25, 0.3) is 0 Å². The molecule has 0 spiro atoms. The van der Waals surface area contributed by atoms with Crippen molar-refractivity contribution in [1.29, 1.82) is 0 Å². The fourth-order valence-corrected chi connectivity index (χ4v) is 0.979. The molecule has 15 heavy (non-hydrogen) atoms. The number of ether oxygens (including phenoxy) is 1. The summed E-state index contributed by atoms with van der Waals surface area (Å²) in [6, 6.07) is 0. The number of methoxy groups -OCH3 is 1. The number of nitrogens with zero attached hydrogens (tertiary/aromatic N) is 2. The highest BCUT2D eigenvalue weighted by molar-refractivity contribution is 5.69. The first kappa shape index (κ1) is 13.3. The Morgan fingerprint density at radius 1 is 1.73 bits per heavy atom. The molecule has 0 aromatic heterocycles. The fraction of sp³-hybridized carbons (Fsp3) is 0.750. The first-order valence-electron chi connectivity index (χ1n) is 4.33. The molecule has 0 aliphatic carbocycles. The topological polar surface area (TPSA) is 102 Å². The normalized spacial score (nSPS) is 14.8. The molecule has 7 nitrogen and oxygen atoms in total. The zero-order valence-corrected chi connectivity index (χ0v) is 8.67. The van der Waals surface area contributed by atoms with Crippen LogP contribution in [0.15, 0.2) is 5.16 Å². The molecule has 7 heteroatoms. The summed E-state index contributed by atoms with van der Waals surface area (Å²) in [6.45, 7) is 1.39. The van der Waals surface area contributed by atoms with Crippen LogP contribution in [-0.4, -0.2) is 35.0 Å². The highest BCUT2D eigenvalue weighted by atomic mass is 16.6. The maximum absolute atomic E-state index is 10.8. The zero-order valence-electron chi connectivity index (χ0n) is 8.67. The Balaban J connectivity index is 4.38. The molecule has 0 aliphatic rings. The third-order valence-corrected chi connectivity index (χ3v) is 2.15. The van der Waals surface area contributed by atoms with Gasteiger partial charge in [-0.05, 0) is 0 Å². The highest BCUT2D eigenvalue weighted by Gasteiger charge is 2.36. The predicted molar refractivity (Wildman–Crippen MR) is 51.5 cm³/mol. The molecule has 0 aliphatic heterocycles. The third-order valence-electron chi connectivity index (χ3n) is 2.15. The Kier molecular flexibility index (Phi) is 5.29. The van der Waals surface area contributed by atoms with E-state index in [1.165, 1.54) is 14.0 Å². The second kappa shape index (κ2) is 5.94. The largest absolute Gasteiger partial charge is 0.469 e. The van der Waals surface area contributed by atoms with Crippen LogP contribution in [0, 0.1) is 10.1 Å². The van der Waals surface area contributed by atoms with E-state index in [9.17, 15) is 14.9 Å². The molecule has 0 amide bonds. The smallest absolute Gasteiger partial charge is 0.305 e. The van der Waals surface area contributed by atoms with Crippen molar-refractivity contribution in [2.75, 3.05) is 7.11 Å². The number of carbonyl (C=O) groups excluding carboxylic acids is 1. The summed E-state index contributed by atoms with van der Waals surface area (Å²) >= 11 is 0. The van der Waals surface area contributed by atoms with Gasteiger partial charge in [-0.3, -0.25) is 14.9 Å². The average molecular weight is 218 g/mol. The first-order chi connectivity index (χ1) is 6.96. The molecule has 0 fully saturated rings. The lowest BCUT2D eigenvalue weighted by Gasteiger charge is -2.17. The summed E-state index contributed by atoms with van der Waals surface area (Å²) in [7, 11) is 1.22. The van der Waals surface area contributed by atoms with Gasteiger partial charge in [-0.15, -0.1) is 5.16 Å². The maximum atomic E-state index is 10.8. The number of rotatable bonds is 6. The van der Waals surface area contributed by atoms with E-state index in [0.29, 0.717) is 0 Å². The van der Waals surface area contributed by atoms with E-state index < -0.39 is 16.4 Å². The van der Waals surface area contributed by atoms with Gasteiger partial charge in [-0.1, -0.05) is 0 Å². The van der Waals surface area contributed by atoms with Crippen molar-refractivity contribution in [3.63, 3.8) is 0 Å². The summed E-state index contributed by atoms with van der Waals surface area (Å²) in [5, 5.41) is 21.6. The van der Waals surface area contributed by atoms with Crippen molar-refractivity contribution in [2.45, 2.75) is 31.7 Å².